The molecule has 5 heteroatoms. The van der Waals surface area contributed by atoms with Crippen LogP contribution in [0.2, 0.25) is 0 Å². The number of nitrogens with zero attached hydrogens (tertiary/aromatic N) is 2. The number of rotatable bonds is 8. The molecule has 100 valence electrons. The number of aryl methyl sites for hydroxylation is 2. The number of ketones is 1. The standard InChI is InChI=1S/C13H20N2O3/c1-3-9-15-10-8-14-12(15)6-4-11(16)5-7-13(17)18-2/h8,10H,3-7,9H2,1-2H3. The van der Waals surface area contributed by atoms with E-state index in [1.165, 1.54) is 7.11 Å². The monoisotopic (exact) mass is 252 g/mol. The number of aromatic nitrogens is 2. The van der Waals surface area contributed by atoms with Crippen LogP contribution in [0.4, 0.5) is 0 Å². The van der Waals surface area contributed by atoms with Gasteiger partial charge in [-0.15, -0.1) is 0 Å². The summed E-state index contributed by atoms with van der Waals surface area (Å²) in [5.41, 5.74) is 0. The summed E-state index contributed by atoms with van der Waals surface area (Å²) in [7, 11) is 1.33. The molecule has 1 aromatic rings. The summed E-state index contributed by atoms with van der Waals surface area (Å²) in [6.45, 7) is 3.02. The molecule has 1 rings (SSSR count). The van der Waals surface area contributed by atoms with E-state index in [4.69, 9.17) is 0 Å². The fourth-order valence-corrected chi connectivity index (χ4v) is 1.73. The van der Waals surface area contributed by atoms with Crippen LogP contribution >= 0.6 is 0 Å². The molecule has 0 aromatic carbocycles. The Kier molecular flexibility index (Phi) is 6.11. The minimum Gasteiger partial charge on any atom is -0.469 e. The zero-order valence-corrected chi connectivity index (χ0v) is 11.0. The average Bonchev–Trinajstić information content (AvgIpc) is 2.81. The third-order valence-corrected chi connectivity index (χ3v) is 2.73. The molecule has 0 N–H and O–H groups in total. The molecule has 0 saturated carbocycles. The predicted molar refractivity (Wildman–Crippen MR) is 67.1 cm³/mol. The first kappa shape index (κ1) is 14.4. The zero-order chi connectivity index (χ0) is 13.4. The molecule has 18 heavy (non-hydrogen) atoms. The number of Topliss-reactive ketones (excluding diaryl/α,β-unsaturated/α-hetero) is 1. The molecule has 5 nitrogen and oxygen atoms in total. The zero-order valence-electron chi connectivity index (χ0n) is 11.0. The Morgan fingerprint density at radius 1 is 1.33 bits per heavy atom. The Labute approximate surface area is 107 Å². The van der Waals surface area contributed by atoms with Crippen molar-refractivity contribution in [1.29, 1.82) is 0 Å². The highest BCUT2D eigenvalue weighted by molar-refractivity contribution is 5.82. The molecule has 1 aromatic heterocycles. The minimum atomic E-state index is -0.337. The van der Waals surface area contributed by atoms with E-state index in [2.05, 4.69) is 21.2 Å². The van der Waals surface area contributed by atoms with Crippen LogP contribution in [0.3, 0.4) is 0 Å². The fraction of sp³-hybridized carbons (Fsp3) is 0.615. The second-order valence-corrected chi connectivity index (χ2v) is 4.15. The van der Waals surface area contributed by atoms with Crippen LogP contribution in [0, 0.1) is 0 Å². The van der Waals surface area contributed by atoms with Gasteiger partial charge in [0.2, 0.25) is 0 Å². The molecule has 0 aliphatic heterocycles. The first-order valence-electron chi connectivity index (χ1n) is 6.26. The predicted octanol–water partition coefficient (Wildman–Crippen LogP) is 1.75. The number of imidazole rings is 1. The van der Waals surface area contributed by atoms with Gasteiger partial charge in [-0.1, -0.05) is 6.92 Å². The van der Waals surface area contributed by atoms with Gasteiger partial charge in [-0.25, -0.2) is 4.98 Å². The Hall–Kier alpha value is -1.65. The largest absolute Gasteiger partial charge is 0.469 e. The molecule has 0 saturated heterocycles. The number of methoxy groups -OCH3 is 1. The van der Waals surface area contributed by atoms with Gasteiger partial charge in [-0.2, -0.15) is 0 Å². The minimum absolute atomic E-state index is 0.0754. The van der Waals surface area contributed by atoms with Gasteiger partial charge in [0.15, 0.2) is 0 Å². The van der Waals surface area contributed by atoms with Crippen molar-refractivity contribution in [3.05, 3.63) is 18.2 Å². The van der Waals surface area contributed by atoms with Crippen molar-refractivity contribution in [3.8, 4) is 0 Å². The fourth-order valence-electron chi connectivity index (χ4n) is 1.73. The van der Waals surface area contributed by atoms with Crippen LogP contribution < -0.4 is 0 Å². The highest BCUT2D eigenvalue weighted by atomic mass is 16.5. The molecular formula is C13H20N2O3. The summed E-state index contributed by atoms with van der Waals surface area (Å²) < 4.78 is 6.56. The van der Waals surface area contributed by atoms with Crippen molar-refractivity contribution in [2.75, 3.05) is 7.11 Å². The van der Waals surface area contributed by atoms with Crippen LogP contribution in [0.5, 0.6) is 0 Å². The van der Waals surface area contributed by atoms with Crippen LogP contribution in [0.15, 0.2) is 12.4 Å². The Morgan fingerprint density at radius 3 is 2.78 bits per heavy atom. The summed E-state index contributed by atoms with van der Waals surface area (Å²) in [4.78, 5) is 26.7. The molecule has 0 radical (unpaired) electrons. The van der Waals surface area contributed by atoms with Crippen molar-refractivity contribution in [1.82, 2.24) is 9.55 Å². The number of esters is 1. The van der Waals surface area contributed by atoms with Crippen molar-refractivity contribution in [3.63, 3.8) is 0 Å². The lowest BCUT2D eigenvalue weighted by molar-refractivity contribution is -0.141. The molecular weight excluding hydrogens is 232 g/mol. The third-order valence-electron chi connectivity index (χ3n) is 2.73. The van der Waals surface area contributed by atoms with Gasteiger partial charge in [-0.05, 0) is 6.42 Å². The van der Waals surface area contributed by atoms with Crippen molar-refractivity contribution in [2.24, 2.45) is 0 Å². The summed E-state index contributed by atoms with van der Waals surface area (Å²) >= 11 is 0. The van der Waals surface area contributed by atoms with Gasteiger partial charge in [-0.3, -0.25) is 9.59 Å². The smallest absolute Gasteiger partial charge is 0.305 e. The molecule has 0 aliphatic rings. The Balaban J connectivity index is 2.33. The number of ether oxygens (including phenoxy) is 1. The molecule has 0 unspecified atom stereocenters. The second-order valence-electron chi connectivity index (χ2n) is 4.15. The Morgan fingerprint density at radius 2 is 2.11 bits per heavy atom. The summed E-state index contributed by atoms with van der Waals surface area (Å²) in [6.07, 6.45) is 6.20. The highest BCUT2D eigenvalue weighted by Gasteiger charge is 2.09. The maximum atomic E-state index is 11.6. The average molecular weight is 252 g/mol. The van der Waals surface area contributed by atoms with Gasteiger partial charge in [0.1, 0.15) is 11.6 Å². The summed E-state index contributed by atoms with van der Waals surface area (Å²) in [6, 6.07) is 0. The van der Waals surface area contributed by atoms with E-state index in [-0.39, 0.29) is 24.6 Å². The van der Waals surface area contributed by atoms with Gasteiger partial charge in [0.25, 0.3) is 0 Å². The molecule has 0 amide bonds. The van der Waals surface area contributed by atoms with Crippen molar-refractivity contribution in [2.45, 2.75) is 45.6 Å². The molecule has 1 heterocycles. The number of hydrogen-bond acceptors (Lipinski definition) is 4. The van der Waals surface area contributed by atoms with E-state index in [0.29, 0.717) is 12.8 Å². The quantitative estimate of drug-likeness (QED) is 0.661. The lowest BCUT2D eigenvalue weighted by atomic mass is 10.1. The van der Waals surface area contributed by atoms with Gasteiger partial charge >= 0.3 is 5.97 Å². The normalized spacial score (nSPS) is 10.3. The van der Waals surface area contributed by atoms with E-state index in [1.807, 2.05) is 6.20 Å². The van der Waals surface area contributed by atoms with E-state index in [0.717, 1.165) is 18.8 Å². The summed E-state index contributed by atoms with van der Waals surface area (Å²) in [5, 5.41) is 0. The van der Waals surface area contributed by atoms with Crippen molar-refractivity contribution < 1.29 is 14.3 Å². The topological polar surface area (TPSA) is 61.2 Å². The van der Waals surface area contributed by atoms with Crippen LogP contribution in [-0.2, 0) is 27.3 Å². The van der Waals surface area contributed by atoms with Gasteiger partial charge in [0, 0.05) is 38.2 Å². The van der Waals surface area contributed by atoms with E-state index in [1.54, 1.807) is 6.20 Å². The van der Waals surface area contributed by atoms with Crippen LogP contribution in [0.1, 0.15) is 38.4 Å². The second kappa shape index (κ2) is 7.63. The lowest BCUT2D eigenvalue weighted by Crippen LogP contribution is -2.09. The molecule has 0 bridgehead atoms. The number of hydrogen-bond donors (Lipinski definition) is 0. The maximum Gasteiger partial charge on any atom is 0.305 e. The Bertz CT molecular complexity index is 399. The number of carbonyl (C=O) groups excluding carboxylic acids is 2. The maximum absolute atomic E-state index is 11.6. The first-order valence-corrected chi connectivity index (χ1v) is 6.26. The van der Waals surface area contributed by atoms with Crippen molar-refractivity contribution >= 4 is 11.8 Å². The van der Waals surface area contributed by atoms with Crippen LogP contribution in [-0.4, -0.2) is 28.4 Å². The SMILES string of the molecule is CCCn1ccnc1CCC(=O)CCC(=O)OC. The molecule has 0 spiro atoms. The van der Waals surface area contributed by atoms with E-state index < -0.39 is 0 Å². The molecule has 0 aliphatic carbocycles. The number of carbonyl (C=O) groups is 2. The highest BCUT2D eigenvalue weighted by Crippen LogP contribution is 2.05. The van der Waals surface area contributed by atoms with Crippen LogP contribution in [0.25, 0.3) is 0 Å². The first-order chi connectivity index (χ1) is 8.67. The summed E-state index contributed by atoms with van der Waals surface area (Å²) in [5.74, 6) is 0.672. The van der Waals surface area contributed by atoms with E-state index >= 15 is 0 Å². The van der Waals surface area contributed by atoms with E-state index in [9.17, 15) is 9.59 Å². The molecule has 0 atom stereocenters. The lowest BCUT2D eigenvalue weighted by Gasteiger charge is -2.05. The third kappa shape index (κ3) is 4.69. The van der Waals surface area contributed by atoms with Gasteiger partial charge < -0.3 is 9.30 Å². The van der Waals surface area contributed by atoms with Gasteiger partial charge in [0.05, 0.1) is 13.5 Å². The molecule has 0 fully saturated rings.